The smallest absolute Gasteiger partial charge is 0.133 e. The Kier molecular flexibility index (Phi) is 6.32. The van der Waals surface area contributed by atoms with Crippen LogP contribution in [0.15, 0.2) is 77.4 Å². The minimum absolute atomic E-state index is 0.581. The molecule has 0 aromatic heterocycles. The second kappa shape index (κ2) is 8.46. The Bertz CT molecular complexity index is 747. The third-order valence-electron chi connectivity index (χ3n) is 3.07. The molecule has 0 aliphatic carbocycles. The molecule has 0 heterocycles. The molecule has 4 heteroatoms. The second-order valence-electron chi connectivity index (χ2n) is 5.07. The van der Waals surface area contributed by atoms with Crippen molar-refractivity contribution in [2.24, 2.45) is 4.99 Å². The summed E-state index contributed by atoms with van der Waals surface area (Å²) in [6.45, 7) is 3.88. The average Bonchev–Trinajstić information content (AvgIpc) is 2.56. The first-order valence-electron chi connectivity index (χ1n) is 7.25. The monoisotopic (exact) mass is 338 g/mol. The maximum Gasteiger partial charge on any atom is 0.133 e. The lowest BCUT2D eigenvalue weighted by Crippen LogP contribution is -2.20. The lowest BCUT2D eigenvalue weighted by atomic mass is 10.2. The second-order valence-corrected chi connectivity index (χ2v) is 5.87. The van der Waals surface area contributed by atoms with Gasteiger partial charge in [0.05, 0.1) is 0 Å². The van der Waals surface area contributed by atoms with Gasteiger partial charge in [0.1, 0.15) is 9.98 Å². The Morgan fingerprint density at radius 2 is 1.39 bits per heavy atom. The first-order valence-corrected chi connectivity index (χ1v) is 8.07. The molecule has 0 saturated heterocycles. The Morgan fingerprint density at radius 1 is 0.870 bits per heavy atom. The number of nitrogens with zero attached hydrogens (tertiary/aromatic N) is 1. The van der Waals surface area contributed by atoms with E-state index in [1.54, 1.807) is 0 Å². The fraction of sp³-hybridized carbons (Fsp3) is 0.105. The van der Waals surface area contributed by atoms with Gasteiger partial charge in [0.2, 0.25) is 0 Å². The maximum absolute atomic E-state index is 5.40. The molecule has 0 saturated carbocycles. The van der Waals surface area contributed by atoms with Gasteiger partial charge < -0.3 is 5.32 Å². The summed E-state index contributed by atoms with van der Waals surface area (Å²) in [6, 6.07) is 19.6. The van der Waals surface area contributed by atoms with Crippen LogP contribution in [-0.4, -0.2) is 15.7 Å². The quantitative estimate of drug-likeness (QED) is 0.646. The highest BCUT2D eigenvalue weighted by Crippen LogP contribution is 2.04. The molecule has 0 spiro atoms. The average molecular weight is 339 g/mol. The summed E-state index contributed by atoms with van der Waals surface area (Å²) in [5, 5.41) is 3.21. The van der Waals surface area contributed by atoms with E-state index in [0.29, 0.717) is 9.98 Å². The lowest BCUT2D eigenvalue weighted by molar-refractivity contribution is 1.14. The number of hydrogen-bond acceptors (Lipinski definition) is 2. The van der Waals surface area contributed by atoms with Gasteiger partial charge >= 0.3 is 0 Å². The highest BCUT2D eigenvalue weighted by Gasteiger charge is 2.01. The van der Waals surface area contributed by atoms with Crippen molar-refractivity contribution in [3.8, 4) is 0 Å². The van der Waals surface area contributed by atoms with Gasteiger partial charge in [-0.2, -0.15) is 0 Å². The minimum atomic E-state index is 0.581. The van der Waals surface area contributed by atoms with Crippen LogP contribution in [0, 0.1) is 0 Å². The lowest BCUT2D eigenvalue weighted by Gasteiger charge is -2.08. The van der Waals surface area contributed by atoms with Crippen molar-refractivity contribution in [2.45, 2.75) is 13.8 Å². The van der Waals surface area contributed by atoms with Crippen LogP contribution in [0.3, 0.4) is 0 Å². The molecule has 0 amide bonds. The number of aliphatic imine (C=N–C) groups is 1. The van der Waals surface area contributed by atoms with Crippen LogP contribution >= 0.6 is 24.4 Å². The van der Waals surface area contributed by atoms with Crippen molar-refractivity contribution in [3.05, 3.63) is 83.6 Å². The van der Waals surface area contributed by atoms with Crippen LogP contribution < -0.4 is 5.32 Å². The van der Waals surface area contributed by atoms with Crippen molar-refractivity contribution < 1.29 is 0 Å². The predicted molar refractivity (Wildman–Crippen MR) is 106 cm³/mol. The van der Waals surface area contributed by atoms with Crippen molar-refractivity contribution in [1.82, 2.24) is 5.32 Å². The summed E-state index contributed by atoms with van der Waals surface area (Å²) < 4.78 is 0. The van der Waals surface area contributed by atoms with Crippen molar-refractivity contribution in [1.29, 1.82) is 0 Å². The Morgan fingerprint density at radius 3 is 1.96 bits per heavy atom. The summed E-state index contributed by atoms with van der Waals surface area (Å²) >= 11 is 10.7. The van der Waals surface area contributed by atoms with Crippen molar-refractivity contribution in [3.63, 3.8) is 0 Å². The number of hydrogen-bond donors (Lipinski definition) is 1. The summed E-state index contributed by atoms with van der Waals surface area (Å²) in [4.78, 5) is 5.73. The zero-order chi connectivity index (χ0) is 16.7. The molecular formula is C19H18N2S2. The largest absolute Gasteiger partial charge is 0.350 e. The molecule has 0 fully saturated rings. The molecule has 2 aromatic rings. The Hall–Kier alpha value is -2.17. The number of allylic oxidation sites excluding steroid dienone is 2. The molecule has 0 radical (unpaired) electrons. The summed E-state index contributed by atoms with van der Waals surface area (Å²) in [5.74, 6) is 0. The number of nitrogens with one attached hydrogen (secondary N) is 1. The van der Waals surface area contributed by atoms with Gasteiger partial charge in [-0.1, -0.05) is 85.1 Å². The van der Waals surface area contributed by atoms with Gasteiger partial charge in [0.15, 0.2) is 0 Å². The maximum atomic E-state index is 5.40. The standard InChI is InChI=1S/C19H18N2S2/c1-14(20-18(22)16-9-5-3-6-10-16)13-15(2)21-19(23)17-11-7-4-8-12-17/h3-13H,1-2H3,(H,20,22)/b14-13-,21-15?. The highest BCUT2D eigenvalue weighted by molar-refractivity contribution is 7.81. The third-order valence-corrected chi connectivity index (χ3v) is 3.74. The number of thiocarbonyl (C=S) groups is 2. The molecule has 2 nitrogen and oxygen atoms in total. The normalized spacial score (nSPS) is 11.9. The van der Waals surface area contributed by atoms with Crippen LogP contribution in [0.2, 0.25) is 0 Å². The minimum Gasteiger partial charge on any atom is -0.350 e. The van der Waals surface area contributed by atoms with Crippen LogP contribution in [0.1, 0.15) is 25.0 Å². The predicted octanol–water partition coefficient (Wildman–Crippen LogP) is 4.69. The third kappa shape index (κ3) is 5.51. The fourth-order valence-corrected chi connectivity index (χ4v) is 2.61. The van der Waals surface area contributed by atoms with E-state index in [2.05, 4.69) is 10.3 Å². The molecular weight excluding hydrogens is 320 g/mol. The molecule has 0 bridgehead atoms. The first-order chi connectivity index (χ1) is 11.1. The van der Waals surface area contributed by atoms with Gasteiger partial charge in [-0.05, 0) is 19.9 Å². The first kappa shape index (κ1) is 17.2. The van der Waals surface area contributed by atoms with Crippen LogP contribution in [0.25, 0.3) is 0 Å². The van der Waals surface area contributed by atoms with E-state index in [1.165, 1.54) is 0 Å². The summed E-state index contributed by atoms with van der Waals surface area (Å²) in [5.41, 5.74) is 3.70. The SMILES string of the molecule is CC(/C=C(/C)NC(=S)c1ccccc1)=NC(=S)c1ccccc1. The van der Waals surface area contributed by atoms with E-state index < -0.39 is 0 Å². The van der Waals surface area contributed by atoms with Gasteiger partial charge in [0, 0.05) is 22.5 Å². The molecule has 1 N–H and O–H groups in total. The highest BCUT2D eigenvalue weighted by atomic mass is 32.1. The molecule has 23 heavy (non-hydrogen) atoms. The molecule has 2 aromatic carbocycles. The Balaban J connectivity index is 2.04. The van der Waals surface area contributed by atoms with Crippen LogP contribution in [0.5, 0.6) is 0 Å². The number of benzene rings is 2. The van der Waals surface area contributed by atoms with Gasteiger partial charge in [-0.15, -0.1) is 0 Å². The zero-order valence-electron chi connectivity index (χ0n) is 13.1. The topological polar surface area (TPSA) is 24.4 Å². The van der Waals surface area contributed by atoms with Gasteiger partial charge in [0.25, 0.3) is 0 Å². The van der Waals surface area contributed by atoms with Gasteiger partial charge in [-0.25, -0.2) is 4.99 Å². The van der Waals surface area contributed by atoms with Crippen LogP contribution in [-0.2, 0) is 0 Å². The van der Waals surface area contributed by atoms with E-state index in [9.17, 15) is 0 Å². The zero-order valence-corrected chi connectivity index (χ0v) is 14.7. The number of rotatable bonds is 4. The molecule has 116 valence electrons. The molecule has 0 unspecified atom stereocenters. The van der Waals surface area contributed by atoms with E-state index in [4.69, 9.17) is 24.4 Å². The van der Waals surface area contributed by atoms with Crippen molar-refractivity contribution >= 4 is 40.1 Å². The summed E-state index contributed by atoms with van der Waals surface area (Å²) in [6.07, 6.45) is 1.94. The van der Waals surface area contributed by atoms with Crippen molar-refractivity contribution in [2.75, 3.05) is 0 Å². The molecule has 0 aliphatic heterocycles. The van der Waals surface area contributed by atoms with E-state index in [1.807, 2.05) is 80.6 Å². The molecule has 2 rings (SSSR count). The van der Waals surface area contributed by atoms with Crippen LogP contribution in [0.4, 0.5) is 0 Å². The molecule has 0 aliphatic rings. The fourth-order valence-electron chi connectivity index (χ4n) is 2.03. The summed E-state index contributed by atoms with van der Waals surface area (Å²) in [7, 11) is 0. The molecule has 0 atom stereocenters. The van der Waals surface area contributed by atoms with E-state index in [0.717, 1.165) is 22.5 Å². The Labute approximate surface area is 148 Å². The van der Waals surface area contributed by atoms with E-state index >= 15 is 0 Å². The van der Waals surface area contributed by atoms with E-state index in [-0.39, 0.29) is 0 Å². The van der Waals surface area contributed by atoms with Gasteiger partial charge in [-0.3, -0.25) is 0 Å².